The van der Waals surface area contributed by atoms with Gasteiger partial charge in [-0.05, 0) is 107 Å². The Morgan fingerprint density at radius 2 is 1.53 bits per heavy atom. The molecule has 0 amide bonds. The van der Waals surface area contributed by atoms with Gasteiger partial charge in [0.2, 0.25) is 0 Å². The lowest BCUT2D eigenvalue weighted by Crippen LogP contribution is -2.50. The van der Waals surface area contributed by atoms with E-state index < -0.39 is 0 Å². The standard InChI is InChI=1S/C18H32O.C7H12.C4H10.H2/c1-11-8-15-9-14-6-7-18(4,5)19-17(14)10-16(15)13(3)12(11)2;1-7-5-3-2-4-6-7;1-3-4-2;/h11-17H,6-10H2,1-5H3;1-6H2;3-4H2,1-2H3;1H/t11?,12-,13?,14?,15?,16?,17?;;;/m0.../s1. The first kappa shape index (κ1) is 26.0. The van der Waals surface area contributed by atoms with E-state index in [1.165, 1.54) is 82.6 Å². The van der Waals surface area contributed by atoms with Crippen molar-refractivity contribution in [3.8, 4) is 0 Å². The summed E-state index contributed by atoms with van der Waals surface area (Å²) in [7, 11) is 0. The summed E-state index contributed by atoms with van der Waals surface area (Å²) in [6.07, 6.45) is 16.9. The van der Waals surface area contributed by atoms with Crippen molar-refractivity contribution in [1.29, 1.82) is 0 Å². The minimum Gasteiger partial charge on any atom is -0.372 e. The van der Waals surface area contributed by atoms with Crippen molar-refractivity contribution in [1.82, 2.24) is 0 Å². The van der Waals surface area contributed by atoms with Gasteiger partial charge >= 0.3 is 0 Å². The molecule has 0 N–H and O–H groups in total. The van der Waals surface area contributed by atoms with Crippen molar-refractivity contribution in [2.24, 2.45) is 35.5 Å². The molecule has 1 heterocycles. The van der Waals surface area contributed by atoms with Crippen LogP contribution in [0.25, 0.3) is 0 Å². The number of unbranched alkanes of at least 4 members (excludes halogenated alkanes) is 1. The van der Waals surface area contributed by atoms with E-state index in [2.05, 4.69) is 55.0 Å². The van der Waals surface area contributed by atoms with E-state index in [9.17, 15) is 0 Å². The first-order valence-electron chi connectivity index (χ1n) is 13.5. The van der Waals surface area contributed by atoms with E-state index in [0.29, 0.717) is 6.10 Å². The predicted octanol–water partition coefficient (Wildman–Crippen LogP) is 9.46. The lowest BCUT2D eigenvalue weighted by molar-refractivity contribution is -0.173. The third-order valence-electron chi connectivity index (χ3n) is 8.97. The van der Waals surface area contributed by atoms with Crippen LogP contribution in [0.1, 0.15) is 127 Å². The monoisotopic (exact) mass is 420 g/mol. The molecule has 1 heteroatoms. The lowest BCUT2D eigenvalue weighted by Gasteiger charge is -2.53. The Hall–Kier alpha value is -0.300. The van der Waals surface area contributed by atoms with Gasteiger partial charge in [0.15, 0.2) is 0 Å². The zero-order valence-electron chi connectivity index (χ0n) is 21.6. The fourth-order valence-corrected chi connectivity index (χ4v) is 6.39. The summed E-state index contributed by atoms with van der Waals surface area (Å²) in [5, 5.41) is 0. The van der Waals surface area contributed by atoms with Gasteiger partial charge in [-0.2, -0.15) is 0 Å². The zero-order valence-corrected chi connectivity index (χ0v) is 21.6. The molecule has 0 bridgehead atoms. The van der Waals surface area contributed by atoms with Crippen LogP contribution in [0.5, 0.6) is 0 Å². The van der Waals surface area contributed by atoms with E-state index in [-0.39, 0.29) is 7.03 Å². The van der Waals surface area contributed by atoms with Gasteiger partial charge in [-0.25, -0.2) is 0 Å². The highest BCUT2D eigenvalue weighted by atomic mass is 16.5. The summed E-state index contributed by atoms with van der Waals surface area (Å²) < 4.78 is 6.44. The lowest BCUT2D eigenvalue weighted by atomic mass is 9.56. The summed E-state index contributed by atoms with van der Waals surface area (Å²) in [5.41, 5.74) is 1.59. The largest absolute Gasteiger partial charge is 0.372 e. The molecule has 0 aromatic rings. The molecule has 6 unspecified atom stereocenters. The number of hydrogen-bond donors (Lipinski definition) is 0. The summed E-state index contributed by atoms with van der Waals surface area (Å²) in [5.74, 6) is 5.50. The minimum absolute atomic E-state index is 0. The minimum atomic E-state index is 0. The van der Waals surface area contributed by atoms with E-state index in [1.54, 1.807) is 0 Å². The van der Waals surface area contributed by atoms with Gasteiger partial charge in [0, 0.05) is 1.43 Å². The summed E-state index contributed by atoms with van der Waals surface area (Å²) in [6.45, 7) is 20.3. The summed E-state index contributed by atoms with van der Waals surface area (Å²) >= 11 is 0. The Balaban J connectivity index is 0.000000334. The van der Waals surface area contributed by atoms with Gasteiger partial charge < -0.3 is 4.74 Å². The second kappa shape index (κ2) is 12.1. The average molecular weight is 421 g/mol. The first-order chi connectivity index (χ1) is 14.2. The molecule has 0 aromatic heterocycles. The third kappa shape index (κ3) is 7.39. The van der Waals surface area contributed by atoms with Gasteiger partial charge in [0.25, 0.3) is 0 Å². The molecule has 30 heavy (non-hydrogen) atoms. The van der Waals surface area contributed by atoms with Crippen LogP contribution in [0.15, 0.2) is 12.2 Å². The third-order valence-corrected chi connectivity index (χ3v) is 8.97. The van der Waals surface area contributed by atoms with Crippen LogP contribution in [0, 0.1) is 35.5 Å². The smallest absolute Gasteiger partial charge is 0.0630 e. The van der Waals surface area contributed by atoms with Gasteiger partial charge in [0.05, 0.1) is 11.7 Å². The molecule has 4 fully saturated rings. The average Bonchev–Trinajstić information content (AvgIpc) is 2.72. The second-order valence-corrected chi connectivity index (χ2v) is 11.9. The molecule has 4 aliphatic rings. The Kier molecular flexibility index (Phi) is 10.4. The van der Waals surface area contributed by atoms with Gasteiger partial charge in [-0.3, -0.25) is 0 Å². The molecule has 0 radical (unpaired) electrons. The summed E-state index contributed by atoms with van der Waals surface area (Å²) in [4.78, 5) is 0. The van der Waals surface area contributed by atoms with E-state index in [1.807, 2.05) is 0 Å². The second-order valence-electron chi connectivity index (χ2n) is 11.9. The molecule has 1 nitrogen and oxygen atoms in total. The van der Waals surface area contributed by atoms with E-state index in [0.717, 1.165) is 35.5 Å². The van der Waals surface area contributed by atoms with Gasteiger partial charge in [-0.1, -0.05) is 66.0 Å². The highest BCUT2D eigenvalue weighted by Crippen LogP contribution is 2.53. The Morgan fingerprint density at radius 1 is 0.900 bits per heavy atom. The number of fused-ring (bicyclic) bond motifs is 2. The highest BCUT2D eigenvalue weighted by Gasteiger charge is 2.48. The Bertz CT molecular complexity index is 503. The number of hydrogen-bond acceptors (Lipinski definition) is 1. The van der Waals surface area contributed by atoms with Crippen LogP contribution in [0.4, 0.5) is 0 Å². The van der Waals surface area contributed by atoms with Crippen LogP contribution in [-0.2, 0) is 4.74 Å². The molecule has 3 aliphatic carbocycles. The zero-order chi connectivity index (χ0) is 22.3. The normalized spacial score (nSPS) is 40.0. The van der Waals surface area contributed by atoms with Crippen molar-refractivity contribution in [2.75, 3.05) is 0 Å². The fourth-order valence-electron chi connectivity index (χ4n) is 6.39. The first-order valence-corrected chi connectivity index (χ1v) is 13.5. The number of ether oxygens (including phenoxy) is 1. The molecule has 7 atom stereocenters. The molecule has 1 aliphatic heterocycles. The summed E-state index contributed by atoms with van der Waals surface area (Å²) in [6, 6.07) is 0. The molecule has 0 aromatic carbocycles. The van der Waals surface area contributed by atoms with Crippen LogP contribution < -0.4 is 0 Å². The van der Waals surface area contributed by atoms with Crippen molar-refractivity contribution in [3.63, 3.8) is 0 Å². The van der Waals surface area contributed by atoms with Crippen LogP contribution in [0.2, 0.25) is 0 Å². The topological polar surface area (TPSA) is 9.23 Å². The SMILES string of the molecule is C=C1CCCCC1.CC1CC2CC3CCC(C)(C)OC3CC2C(C)[C@H]1C.CCCC.[HH]. The highest BCUT2D eigenvalue weighted by molar-refractivity contribution is 4.97. The molecule has 0 spiro atoms. The predicted molar refractivity (Wildman–Crippen MR) is 135 cm³/mol. The van der Waals surface area contributed by atoms with Crippen molar-refractivity contribution < 1.29 is 6.16 Å². The van der Waals surface area contributed by atoms with Gasteiger partial charge in [-0.15, -0.1) is 0 Å². The maximum Gasteiger partial charge on any atom is 0.0630 e. The van der Waals surface area contributed by atoms with Crippen molar-refractivity contribution in [2.45, 2.75) is 137 Å². The van der Waals surface area contributed by atoms with Gasteiger partial charge in [0.1, 0.15) is 0 Å². The Morgan fingerprint density at radius 3 is 2.07 bits per heavy atom. The quantitative estimate of drug-likeness (QED) is 0.384. The number of rotatable bonds is 1. The molecule has 4 rings (SSSR count). The van der Waals surface area contributed by atoms with Crippen LogP contribution >= 0.6 is 0 Å². The van der Waals surface area contributed by atoms with Crippen LogP contribution in [-0.4, -0.2) is 11.7 Å². The Labute approximate surface area is 191 Å². The molecular weight excluding hydrogens is 364 g/mol. The number of allylic oxidation sites excluding steroid dienone is 1. The van der Waals surface area contributed by atoms with Crippen molar-refractivity contribution in [3.05, 3.63) is 12.2 Å². The van der Waals surface area contributed by atoms with E-state index >= 15 is 0 Å². The van der Waals surface area contributed by atoms with Crippen LogP contribution in [0.3, 0.4) is 0 Å². The molecular formula is C29H56O. The fraction of sp³-hybridized carbons (Fsp3) is 0.931. The molecule has 3 saturated carbocycles. The maximum atomic E-state index is 6.44. The maximum absolute atomic E-state index is 6.44. The van der Waals surface area contributed by atoms with E-state index in [4.69, 9.17) is 4.74 Å². The molecule has 1 saturated heterocycles. The van der Waals surface area contributed by atoms with Crippen molar-refractivity contribution >= 4 is 0 Å². The molecule has 178 valence electrons.